The average Bonchev–Trinajstić information content (AvgIpc) is 3.75. The van der Waals surface area contributed by atoms with Gasteiger partial charge in [0.05, 0.1) is 11.0 Å². The van der Waals surface area contributed by atoms with Gasteiger partial charge in [0.25, 0.3) is 0 Å². The Morgan fingerprint density at radius 3 is 1.70 bits per heavy atom. The molecule has 0 saturated heterocycles. The van der Waals surface area contributed by atoms with Crippen LogP contribution < -0.4 is 0 Å². The predicted molar refractivity (Wildman–Crippen MR) is 235 cm³/mol. The topological polar surface area (TPSA) is 17.8 Å². The Labute approximate surface area is 327 Å². The van der Waals surface area contributed by atoms with E-state index in [-0.39, 0.29) is 5.41 Å². The Kier molecular flexibility index (Phi) is 7.24. The largest absolute Gasteiger partial charge is 0.292 e. The first-order chi connectivity index (χ1) is 27.5. The molecule has 0 unspecified atom stereocenters. The van der Waals surface area contributed by atoms with Gasteiger partial charge in [-0.3, -0.25) is 4.57 Å². The van der Waals surface area contributed by atoms with Gasteiger partial charge in [0.2, 0.25) is 0 Å². The Morgan fingerprint density at radius 2 is 0.946 bits per heavy atom. The summed E-state index contributed by atoms with van der Waals surface area (Å²) in [4.78, 5) is 5.26. The van der Waals surface area contributed by atoms with Crippen LogP contribution in [0.15, 0.2) is 194 Å². The van der Waals surface area contributed by atoms with Crippen molar-refractivity contribution in [3.63, 3.8) is 0 Å². The molecule has 0 atom stereocenters. The molecule has 0 bridgehead atoms. The zero-order chi connectivity index (χ0) is 37.4. The maximum Gasteiger partial charge on any atom is 0.145 e. The Hall–Kier alpha value is -7.03. The van der Waals surface area contributed by atoms with Crippen molar-refractivity contribution in [2.24, 2.45) is 0 Å². The number of para-hydroxylation sites is 3. The molecule has 1 aromatic heterocycles. The summed E-state index contributed by atoms with van der Waals surface area (Å²) in [5.41, 5.74) is 16.8. The van der Waals surface area contributed by atoms with Gasteiger partial charge in [0.1, 0.15) is 5.82 Å². The van der Waals surface area contributed by atoms with E-state index in [9.17, 15) is 0 Å². The van der Waals surface area contributed by atoms with Crippen LogP contribution in [0.25, 0.3) is 94.2 Å². The summed E-state index contributed by atoms with van der Waals surface area (Å²) in [5.74, 6) is 0.930. The monoisotopic (exact) mass is 714 g/mol. The Morgan fingerprint density at radius 1 is 0.393 bits per heavy atom. The van der Waals surface area contributed by atoms with Crippen LogP contribution in [0.1, 0.15) is 25.0 Å². The van der Waals surface area contributed by atoms with E-state index in [4.69, 9.17) is 4.98 Å². The minimum atomic E-state index is -0.140. The van der Waals surface area contributed by atoms with Crippen LogP contribution in [0.4, 0.5) is 0 Å². The van der Waals surface area contributed by atoms with E-state index in [1.165, 1.54) is 77.2 Å². The minimum absolute atomic E-state index is 0.140. The van der Waals surface area contributed by atoms with Gasteiger partial charge in [-0.1, -0.05) is 159 Å². The summed E-state index contributed by atoms with van der Waals surface area (Å²) in [6.07, 6.45) is 0. The first kappa shape index (κ1) is 32.4. The second kappa shape index (κ2) is 12.5. The Balaban J connectivity index is 1.22. The number of hydrogen-bond donors (Lipinski definition) is 0. The van der Waals surface area contributed by atoms with Crippen molar-refractivity contribution in [2.45, 2.75) is 19.3 Å². The van der Waals surface area contributed by atoms with E-state index >= 15 is 0 Å². The lowest BCUT2D eigenvalue weighted by Gasteiger charge is -2.24. The fourth-order valence-corrected chi connectivity index (χ4v) is 9.35. The van der Waals surface area contributed by atoms with Gasteiger partial charge in [-0.2, -0.15) is 0 Å². The zero-order valence-electron chi connectivity index (χ0n) is 31.4. The lowest BCUT2D eigenvalue weighted by atomic mass is 9.79. The quantitative estimate of drug-likeness (QED) is 0.162. The highest BCUT2D eigenvalue weighted by Gasteiger charge is 2.36. The molecule has 1 aliphatic carbocycles. The smallest absolute Gasteiger partial charge is 0.145 e. The SMILES string of the molecule is CC1(C)c2ccccc2-c2cc3c(-c4cccc(-c5ccccc5)c4)c4ccccc4c(-c4cccc(-c5nc6ccccc6n5-c5ccccc5)c4)c3cc21. The van der Waals surface area contributed by atoms with Crippen molar-refractivity contribution < 1.29 is 0 Å². The highest BCUT2D eigenvalue weighted by Crippen LogP contribution is 2.53. The van der Waals surface area contributed by atoms with Gasteiger partial charge >= 0.3 is 0 Å². The molecule has 10 aromatic rings. The van der Waals surface area contributed by atoms with Crippen LogP contribution in [0.5, 0.6) is 0 Å². The van der Waals surface area contributed by atoms with Gasteiger partial charge in [-0.25, -0.2) is 4.98 Å². The lowest BCUT2D eigenvalue weighted by molar-refractivity contribution is 0.661. The second-order valence-corrected chi connectivity index (χ2v) is 15.5. The number of aromatic nitrogens is 2. The van der Waals surface area contributed by atoms with Gasteiger partial charge in [-0.05, 0) is 126 Å². The van der Waals surface area contributed by atoms with Gasteiger partial charge < -0.3 is 0 Å². The van der Waals surface area contributed by atoms with E-state index in [2.05, 4.69) is 213 Å². The average molecular weight is 715 g/mol. The summed E-state index contributed by atoms with van der Waals surface area (Å²) >= 11 is 0. The maximum atomic E-state index is 5.26. The van der Waals surface area contributed by atoms with Crippen LogP contribution in [0.3, 0.4) is 0 Å². The van der Waals surface area contributed by atoms with Crippen molar-refractivity contribution >= 4 is 32.6 Å². The molecule has 0 N–H and O–H groups in total. The van der Waals surface area contributed by atoms with Crippen LogP contribution in [0, 0.1) is 0 Å². The highest BCUT2D eigenvalue weighted by atomic mass is 15.1. The van der Waals surface area contributed by atoms with E-state index < -0.39 is 0 Å². The summed E-state index contributed by atoms with van der Waals surface area (Å²) in [5, 5.41) is 5.00. The molecule has 0 radical (unpaired) electrons. The van der Waals surface area contributed by atoms with E-state index in [0.717, 1.165) is 28.1 Å². The van der Waals surface area contributed by atoms with Gasteiger partial charge in [0.15, 0.2) is 0 Å². The van der Waals surface area contributed by atoms with Crippen molar-refractivity contribution in [1.29, 1.82) is 0 Å². The predicted octanol–water partition coefficient (Wildman–Crippen LogP) is 14.3. The van der Waals surface area contributed by atoms with Gasteiger partial charge in [-0.15, -0.1) is 0 Å². The molecule has 56 heavy (non-hydrogen) atoms. The summed E-state index contributed by atoms with van der Waals surface area (Å²) in [6, 6.07) is 70.8. The lowest BCUT2D eigenvalue weighted by Crippen LogP contribution is -2.14. The number of benzene rings is 9. The first-order valence-corrected chi connectivity index (χ1v) is 19.5. The summed E-state index contributed by atoms with van der Waals surface area (Å²) < 4.78 is 2.29. The minimum Gasteiger partial charge on any atom is -0.292 e. The molecule has 2 heteroatoms. The molecule has 9 aromatic carbocycles. The summed E-state index contributed by atoms with van der Waals surface area (Å²) in [6.45, 7) is 4.76. The molecule has 0 saturated carbocycles. The van der Waals surface area contributed by atoms with Crippen molar-refractivity contribution in [3.05, 3.63) is 205 Å². The molecule has 11 rings (SSSR count). The normalized spacial score (nSPS) is 13.0. The van der Waals surface area contributed by atoms with Crippen LogP contribution >= 0.6 is 0 Å². The molecule has 0 aliphatic heterocycles. The second-order valence-electron chi connectivity index (χ2n) is 15.5. The number of nitrogens with zero attached hydrogens (tertiary/aromatic N) is 2. The fraction of sp³-hybridized carbons (Fsp3) is 0.0556. The molecule has 1 heterocycles. The molecular formula is C54H38N2. The van der Waals surface area contributed by atoms with Crippen molar-refractivity contribution in [3.8, 4) is 61.6 Å². The van der Waals surface area contributed by atoms with Crippen LogP contribution in [-0.4, -0.2) is 9.55 Å². The molecular weight excluding hydrogens is 677 g/mol. The number of rotatable bonds is 5. The third-order valence-electron chi connectivity index (χ3n) is 12.0. The van der Waals surface area contributed by atoms with Crippen molar-refractivity contribution in [2.75, 3.05) is 0 Å². The van der Waals surface area contributed by atoms with E-state index in [1.807, 2.05) is 0 Å². The maximum absolute atomic E-state index is 5.26. The van der Waals surface area contributed by atoms with Gasteiger partial charge in [0, 0.05) is 16.7 Å². The number of hydrogen-bond acceptors (Lipinski definition) is 1. The zero-order valence-corrected chi connectivity index (χ0v) is 31.4. The molecule has 0 spiro atoms. The molecule has 0 fully saturated rings. The molecule has 0 amide bonds. The molecule has 2 nitrogen and oxygen atoms in total. The molecule has 264 valence electrons. The Bertz CT molecular complexity index is 3150. The third-order valence-corrected chi connectivity index (χ3v) is 12.0. The molecule has 1 aliphatic rings. The highest BCUT2D eigenvalue weighted by molar-refractivity contribution is 6.22. The summed E-state index contributed by atoms with van der Waals surface area (Å²) in [7, 11) is 0. The fourth-order valence-electron chi connectivity index (χ4n) is 9.35. The van der Waals surface area contributed by atoms with Crippen LogP contribution in [0.2, 0.25) is 0 Å². The van der Waals surface area contributed by atoms with Crippen LogP contribution in [-0.2, 0) is 5.41 Å². The third kappa shape index (κ3) is 4.92. The van der Waals surface area contributed by atoms with E-state index in [1.54, 1.807) is 0 Å². The first-order valence-electron chi connectivity index (χ1n) is 19.5. The van der Waals surface area contributed by atoms with Crippen molar-refractivity contribution in [1.82, 2.24) is 9.55 Å². The number of fused-ring (bicyclic) bond motifs is 6. The standard InChI is InChI=1S/C54H38N2/c1-54(2)47-28-12-11-25-41(47)44-33-45-46(34-48(44)54)52(43-27-10-9-26-42(43)51(45)37-20-15-19-36(31-37)35-17-5-3-6-18-35)38-21-16-22-39(32-38)53-55-49-29-13-14-30-50(49)56(53)40-23-7-4-8-24-40/h3-34H,1-2H3. The van der Waals surface area contributed by atoms with E-state index in [0.29, 0.717) is 0 Å². The number of imidazole rings is 1.